The number of anilines is 1. The van der Waals surface area contributed by atoms with Crippen molar-refractivity contribution >= 4 is 23.2 Å². The number of carbonyl (C=O) groups excluding carboxylic acids is 1. The molecule has 20 heavy (non-hydrogen) atoms. The Morgan fingerprint density at radius 3 is 2.75 bits per heavy atom. The fourth-order valence-corrected chi connectivity index (χ4v) is 3.05. The number of rotatable bonds is 1. The highest BCUT2D eigenvalue weighted by atomic mass is 35.5. The van der Waals surface area contributed by atoms with Gasteiger partial charge in [-0.25, -0.2) is 0 Å². The summed E-state index contributed by atoms with van der Waals surface area (Å²) in [5, 5.41) is 0.512. The van der Waals surface area contributed by atoms with E-state index in [0.717, 1.165) is 30.6 Å². The highest BCUT2D eigenvalue weighted by molar-refractivity contribution is 6.34. The fraction of sp³-hybridized carbons (Fsp3) is 0.235. The van der Waals surface area contributed by atoms with Gasteiger partial charge in [-0.1, -0.05) is 41.9 Å². The summed E-state index contributed by atoms with van der Waals surface area (Å²) in [5.41, 5.74) is 4.02. The molecule has 0 radical (unpaired) electrons. The summed E-state index contributed by atoms with van der Waals surface area (Å²) in [6.45, 7) is 2.80. The molecule has 2 nitrogen and oxygen atoms in total. The van der Waals surface area contributed by atoms with Crippen molar-refractivity contribution in [1.82, 2.24) is 0 Å². The normalized spacial score (nSPS) is 14.0. The minimum absolute atomic E-state index is 0.00847. The van der Waals surface area contributed by atoms with Crippen molar-refractivity contribution in [3.63, 3.8) is 0 Å². The molecule has 0 saturated carbocycles. The van der Waals surface area contributed by atoms with Gasteiger partial charge in [0, 0.05) is 6.54 Å². The molecule has 2 aromatic carbocycles. The van der Waals surface area contributed by atoms with E-state index in [0.29, 0.717) is 10.6 Å². The summed E-state index contributed by atoms with van der Waals surface area (Å²) in [6, 6.07) is 13.5. The highest BCUT2D eigenvalue weighted by Crippen LogP contribution is 2.32. The first-order chi connectivity index (χ1) is 9.68. The van der Waals surface area contributed by atoms with Crippen LogP contribution in [0.2, 0.25) is 5.02 Å². The molecule has 3 heteroatoms. The molecule has 0 atom stereocenters. The number of nitrogens with zero attached hydrogens (tertiary/aromatic N) is 1. The second-order valence-electron chi connectivity index (χ2n) is 5.12. The van der Waals surface area contributed by atoms with Crippen LogP contribution in [0.15, 0.2) is 42.5 Å². The molecular weight excluding hydrogens is 270 g/mol. The second kappa shape index (κ2) is 5.29. The molecule has 1 aliphatic heterocycles. The van der Waals surface area contributed by atoms with Gasteiger partial charge in [0.15, 0.2) is 0 Å². The molecule has 0 spiro atoms. The van der Waals surface area contributed by atoms with Crippen LogP contribution in [0.3, 0.4) is 0 Å². The molecule has 1 heterocycles. The average Bonchev–Trinajstić information content (AvgIpc) is 2.47. The van der Waals surface area contributed by atoms with Gasteiger partial charge in [0.2, 0.25) is 0 Å². The first-order valence-corrected chi connectivity index (χ1v) is 7.21. The molecule has 0 unspecified atom stereocenters. The van der Waals surface area contributed by atoms with Gasteiger partial charge in [0.1, 0.15) is 0 Å². The Morgan fingerprint density at radius 1 is 1.15 bits per heavy atom. The van der Waals surface area contributed by atoms with Gasteiger partial charge >= 0.3 is 0 Å². The van der Waals surface area contributed by atoms with E-state index in [1.54, 1.807) is 12.1 Å². The summed E-state index contributed by atoms with van der Waals surface area (Å²) in [7, 11) is 0. The second-order valence-corrected chi connectivity index (χ2v) is 5.53. The van der Waals surface area contributed by atoms with Crippen molar-refractivity contribution in [2.45, 2.75) is 19.8 Å². The van der Waals surface area contributed by atoms with E-state index in [9.17, 15) is 4.79 Å². The van der Waals surface area contributed by atoms with Gasteiger partial charge in [-0.3, -0.25) is 4.79 Å². The Hall–Kier alpha value is -1.80. The van der Waals surface area contributed by atoms with Crippen LogP contribution in [-0.2, 0) is 6.42 Å². The third-order valence-electron chi connectivity index (χ3n) is 3.77. The Balaban J connectivity index is 2.05. The quantitative estimate of drug-likeness (QED) is 0.767. The largest absolute Gasteiger partial charge is 0.308 e. The maximum atomic E-state index is 12.8. The topological polar surface area (TPSA) is 20.3 Å². The van der Waals surface area contributed by atoms with E-state index in [4.69, 9.17) is 11.6 Å². The van der Waals surface area contributed by atoms with Crippen molar-refractivity contribution in [2.24, 2.45) is 0 Å². The number of hydrogen-bond donors (Lipinski definition) is 0. The van der Waals surface area contributed by atoms with Gasteiger partial charge in [0.25, 0.3) is 5.91 Å². The molecular formula is C17H16ClNO. The standard InChI is InChI=1S/C17H16ClNO/c1-12-6-4-7-13-8-5-11-19(16(12)13)17(20)14-9-2-3-10-15(14)18/h2-4,6-7,9-10H,5,8,11H2,1H3. The zero-order chi connectivity index (χ0) is 14.1. The lowest BCUT2D eigenvalue weighted by Crippen LogP contribution is -2.36. The lowest BCUT2D eigenvalue weighted by atomic mass is 9.97. The summed E-state index contributed by atoms with van der Waals surface area (Å²) in [4.78, 5) is 14.6. The van der Waals surface area contributed by atoms with E-state index >= 15 is 0 Å². The smallest absolute Gasteiger partial charge is 0.259 e. The van der Waals surface area contributed by atoms with E-state index < -0.39 is 0 Å². The first-order valence-electron chi connectivity index (χ1n) is 6.83. The predicted molar refractivity (Wildman–Crippen MR) is 82.6 cm³/mol. The zero-order valence-corrected chi connectivity index (χ0v) is 12.2. The molecule has 1 aliphatic rings. The molecule has 2 aromatic rings. The number of fused-ring (bicyclic) bond motifs is 1. The monoisotopic (exact) mass is 285 g/mol. The summed E-state index contributed by atoms with van der Waals surface area (Å²) in [5.74, 6) is -0.00847. The van der Waals surface area contributed by atoms with Gasteiger partial charge < -0.3 is 4.90 Å². The summed E-state index contributed by atoms with van der Waals surface area (Å²) in [6.07, 6.45) is 2.02. The Labute approximate surface area is 124 Å². The van der Waals surface area contributed by atoms with E-state index in [2.05, 4.69) is 25.1 Å². The van der Waals surface area contributed by atoms with Crippen LogP contribution in [0.5, 0.6) is 0 Å². The molecule has 0 aliphatic carbocycles. The van der Waals surface area contributed by atoms with E-state index in [1.165, 1.54) is 5.56 Å². The van der Waals surface area contributed by atoms with Gasteiger partial charge in [-0.15, -0.1) is 0 Å². The third kappa shape index (κ3) is 2.20. The molecule has 102 valence electrons. The van der Waals surface area contributed by atoms with Crippen molar-refractivity contribution in [2.75, 3.05) is 11.4 Å². The van der Waals surface area contributed by atoms with E-state index in [-0.39, 0.29) is 5.91 Å². The third-order valence-corrected chi connectivity index (χ3v) is 4.10. The average molecular weight is 286 g/mol. The number of amides is 1. The maximum Gasteiger partial charge on any atom is 0.259 e. The van der Waals surface area contributed by atoms with Crippen LogP contribution in [-0.4, -0.2) is 12.5 Å². The number of aryl methyl sites for hydroxylation is 2. The van der Waals surface area contributed by atoms with Crippen LogP contribution in [0, 0.1) is 6.92 Å². The van der Waals surface area contributed by atoms with Gasteiger partial charge in [0.05, 0.1) is 16.3 Å². The fourth-order valence-electron chi connectivity index (χ4n) is 2.83. The van der Waals surface area contributed by atoms with Gasteiger partial charge in [-0.05, 0) is 43.0 Å². The van der Waals surface area contributed by atoms with Crippen LogP contribution < -0.4 is 4.90 Å². The van der Waals surface area contributed by atoms with Crippen LogP contribution in [0.1, 0.15) is 27.9 Å². The lowest BCUT2D eigenvalue weighted by Gasteiger charge is -2.31. The molecule has 1 amide bonds. The molecule has 0 saturated heterocycles. The number of para-hydroxylation sites is 1. The molecule has 0 aromatic heterocycles. The van der Waals surface area contributed by atoms with Crippen LogP contribution in [0.4, 0.5) is 5.69 Å². The van der Waals surface area contributed by atoms with Crippen molar-refractivity contribution in [1.29, 1.82) is 0 Å². The number of halogens is 1. The lowest BCUT2D eigenvalue weighted by molar-refractivity contribution is 0.0985. The Morgan fingerprint density at radius 2 is 1.95 bits per heavy atom. The maximum absolute atomic E-state index is 12.8. The number of benzene rings is 2. The molecule has 3 rings (SSSR count). The van der Waals surface area contributed by atoms with Crippen molar-refractivity contribution in [3.05, 3.63) is 64.2 Å². The van der Waals surface area contributed by atoms with Crippen LogP contribution >= 0.6 is 11.6 Å². The first kappa shape index (κ1) is 13.2. The number of hydrogen-bond acceptors (Lipinski definition) is 1. The highest BCUT2D eigenvalue weighted by Gasteiger charge is 2.25. The minimum Gasteiger partial charge on any atom is -0.308 e. The molecule has 0 fully saturated rings. The number of carbonyl (C=O) groups is 1. The Bertz CT molecular complexity index is 666. The SMILES string of the molecule is Cc1cccc2c1N(C(=O)c1ccccc1Cl)CCC2. The molecule has 0 bridgehead atoms. The summed E-state index contributed by atoms with van der Waals surface area (Å²) < 4.78 is 0. The van der Waals surface area contributed by atoms with Crippen LogP contribution in [0.25, 0.3) is 0 Å². The zero-order valence-electron chi connectivity index (χ0n) is 11.4. The molecule has 0 N–H and O–H groups in total. The summed E-state index contributed by atoms with van der Waals surface area (Å²) >= 11 is 6.16. The van der Waals surface area contributed by atoms with E-state index in [1.807, 2.05) is 17.0 Å². The Kier molecular flexibility index (Phi) is 3.49. The van der Waals surface area contributed by atoms with Crippen molar-refractivity contribution in [3.8, 4) is 0 Å². The van der Waals surface area contributed by atoms with Gasteiger partial charge in [-0.2, -0.15) is 0 Å². The minimum atomic E-state index is -0.00847. The predicted octanol–water partition coefficient (Wildman–Crippen LogP) is 4.24. The van der Waals surface area contributed by atoms with Crippen molar-refractivity contribution < 1.29 is 4.79 Å².